The van der Waals surface area contributed by atoms with E-state index in [1.807, 2.05) is 37.3 Å². The monoisotopic (exact) mass is 378 g/mol. The number of anilines is 1. The number of aromatic nitrogens is 3. The standard InChI is InChI=1S/C20H18N4O2S/c1-15(16-8-4-2-5-9-16)21-20-23-22-19-13-12-18(14-24(19)20)27(25,26)17-10-6-3-7-11-17/h2-15H,1H3,(H,21,23)/t15-/m1/s1. The number of fused-ring (bicyclic) bond motifs is 1. The fraction of sp³-hybridized carbons (Fsp3) is 0.100. The minimum absolute atomic E-state index is 0.00649. The number of pyridine rings is 1. The summed E-state index contributed by atoms with van der Waals surface area (Å²) in [5.41, 5.74) is 1.67. The van der Waals surface area contributed by atoms with Crippen molar-refractivity contribution in [1.82, 2.24) is 14.6 Å². The summed E-state index contributed by atoms with van der Waals surface area (Å²) in [6.45, 7) is 2.01. The first-order valence-electron chi connectivity index (χ1n) is 8.52. The number of nitrogens with zero attached hydrogens (tertiary/aromatic N) is 3. The zero-order valence-electron chi connectivity index (χ0n) is 14.6. The Morgan fingerprint density at radius 1 is 0.852 bits per heavy atom. The van der Waals surface area contributed by atoms with Crippen LogP contribution in [0.15, 0.2) is 88.8 Å². The molecule has 0 amide bonds. The lowest BCUT2D eigenvalue weighted by molar-refractivity contribution is 0.595. The number of benzene rings is 2. The Hall–Kier alpha value is -3.19. The number of hydrogen-bond donors (Lipinski definition) is 1. The molecule has 1 N–H and O–H groups in total. The van der Waals surface area contributed by atoms with E-state index in [4.69, 9.17) is 0 Å². The summed E-state index contributed by atoms with van der Waals surface area (Å²) in [7, 11) is -3.61. The van der Waals surface area contributed by atoms with E-state index in [-0.39, 0.29) is 15.8 Å². The van der Waals surface area contributed by atoms with Gasteiger partial charge in [-0.2, -0.15) is 0 Å². The zero-order chi connectivity index (χ0) is 18.9. The summed E-state index contributed by atoms with van der Waals surface area (Å²) in [6, 6.07) is 21.5. The molecule has 0 spiro atoms. The van der Waals surface area contributed by atoms with Crippen LogP contribution in [0, 0.1) is 0 Å². The van der Waals surface area contributed by atoms with Crippen LogP contribution >= 0.6 is 0 Å². The van der Waals surface area contributed by atoms with E-state index < -0.39 is 9.84 Å². The fourth-order valence-corrected chi connectivity index (χ4v) is 4.16. The molecule has 0 unspecified atom stereocenters. The molecule has 2 heterocycles. The molecule has 0 saturated heterocycles. The topological polar surface area (TPSA) is 76.4 Å². The average molecular weight is 378 g/mol. The van der Waals surface area contributed by atoms with Crippen molar-refractivity contribution in [1.29, 1.82) is 0 Å². The lowest BCUT2D eigenvalue weighted by Gasteiger charge is -2.14. The highest BCUT2D eigenvalue weighted by Crippen LogP contribution is 2.23. The van der Waals surface area contributed by atoms with Gasteiger partial charge in [0.25, 0.3) is 0 Å². The average Bonchev–Trinajstić information content (AvgIpc) is 3.11. The molecule has 2 aromatic heterocycles. The molecule has 0 aliphatic carbocycles. The molecule has 27 heavy (non-hydrogen) atoms. The van der Waals surface area contributed by atoms with E-state index in [2.05, 4.69) is 15.5 Å². The highest BCUT2D eigenvalue weighted by molar-refractivity contribution is 7.91. The van der Waals surface area contributed by atoms with E-state index in [1.165, 1.54) is 0 Å². The van der Waals surface area contributed by atoms with Crippen LogP contribution in [-0.2, 0) is 9.84 Å². The maximum atomic E-state index is 12.9. The Bertz CT molecular complexity index is 1170. The molecule has 1 atom stereocenters. The lowest BCUT2D eigenvalue weighted by atomic mass is 10.1. The van der Waals surface area contributed by atoms with Crippen LogP contribution in [0.3, 0.4) is 0 Å². The van der Waals surface area contributed by atoms with Crippen molar-refractivity contribution in [3.8, 4) is 0 Å². The minimum atomic E-state index is -3.61. The van der Waals surface area contributed by atoms with Crippen LogP contribution in [0.4, 0.5) is 5.95 Å². The Labute approximate surface area is 157 Å². The maximum absolute atomic E-state index is 12.9. The van der Waals surface area contributed by atoms with Gasteiger partial charge in [-0.1, -0.05) is 48.5 Å². The maximum Gasteiger partial charge on any atom is 0.229 e. The van der Waals surface area contributed by atoms with Gasteiger partial charge in [0.1, 0.15) is 0 Å². The molecule has 0 saturated carbocycles. The summed E-state index contributed by atoms with van der Waals surface area (Å²) >= 11 is 0. The van der Waals surface area contributed by atoms with Gasteiger partial charge in [0.15, 0.2) is 5.65 Å². The van der Waals surface area contributed by atoms with Crippen molar-refractivity contribution < 1.29 is 8.42 Å². The first-order valence-corrected chi connectivity index (χ1v) is 10.0. The molecule has 0 aliphatic rings. The third kappa shape index (κ3) is 3.29. The van der Waals surface area contributed by atoms with E-state index in [0.717, 1.165) is 5.56 Å². The molecule has 136 valence electrons. The number of rotatable bonds is 5. The lowest BCUT2D eigenvalue weighted by Crippen LogP contribution is -2.10. The van der Waals surface area contributed by atoms with E-state index in [9.17, 15) is 8.42 Å². The second-order valence-corrected chi connectivity index (χ2v) is 8.16. The van der Waals surface area contributed by atoms with Crippen LogP contribution in [0.1, 0.15) is 18.5 Å². The number of nitrogens with one attached hydrogen (secondary N) is 1. The first kappa shape index (κ1) is 17.2. The second kappa shape index (κ2) is 6.85. The van der Waals surface area contributed by atoms with Crippen LogP contribution < -0.4 is 5.32 Å². The summed E-state index contributed by atoms with van der Waals surface area (Å²) in [5, 5.41) is 11.6. The van der Waals surface area contributed by atoms with Crippen LogP contribution in [-0.4, -0.2) is 23.0 Å². The summed E-state index contributed by atoms with van der Waals surface area (Å²) in [5.74, 6) is 0.492. The molecule has 0 aliphatic heterocycles. The number of hydrogen-bond acceptors (Lipinski definition) is 5. The normalized spacial score (nSPS) is 12.8. The van der Waals surface area contributed by atoms with Gasteiger partial charge in [0.2, 0.25) is 15.8 Å². The zero-order valence-corrected chi connectivity index (χ0v) is 15.5. The second-order valence-electron chi connectivity index (χ2n) is 6.21. The molecule has 0 fully saturated rings. The Kier molecular flexibility index (Phi) is 4.37. The quantitative estimate of drug-likeness (QED) is 0.573. The Morgan fingerprint density at radius 3 is 2.22 bits per heavy atom. The van der Waals surface area contributed by atoms with Gasteiger partial charge in [0, 0.05) is 6.20 Å². The van der Waals surface area contributed by atoms with E-state index >= 15 is 0 Å². The third-order valence-electron chi connectivity index (χ3n) is 4.38. The van der Waals surface area contributed by atoms with Crippen molar-refractivity contribution in [3.63, 3.8) is 0 Å². The molecule has 0 bridgehead atoms. The molecule has 4 rings (SSSR count). The van der Waals surface area contributed by atoms with Gasteiger partial charge < -0.3 is 5.32 Å². The van der Waals surface area contributed by atoms with E-state index in [0.29, 0.717) is 11.6 Å². The molecular formula is C20H18N4O2S. The van der Waals surface area contributed by atoms with Crippen molar-refractivity contribution >= 4 is 21.4 Å². The molecule has 6 nitrogen and oxygen atoms in total. The highest BCUT2D eigenvalue weighted by Gasteiger charge is 2.19. The van der Waals surface area contributed by atoms with Gasteiger partial charge in [-0.15, -0.1) is 10.2 Å². The predicted octanol–water partition coefficient (Wildman–Crippen LogP) is 3.74. The molecule has 2 aromatic carbocycles. The highest BCUT2D eigenvalue weighted by atomic mass is 32.2. The van der Waals surface area contributed by atoms with Gasteiger partial charge in [0.05, 0.1) is 15.8 Å². The van der Waals surface area contributed by atoms with Crippen LogP contribution in [0.2, 0.25) is 0 Å². The first-order chi connectivity index (χ1) is 13.1. The Morgan fingerprint density at radius 2 is 1.52 bits per heavy atom. The van der Waals surface area contributed by atoms with Gasteiger partial charge in [-0.3, -0.25) is 4.40 Å². The Balaban J connectivity index is 1.72. The number of sulfone groups is 1. The summed E-state index contributed by atoms with van der Waals surface area (Å²) < 4.78 is 27.4. The minimum Gasteiger partial charge on any atom is -0.347 e. The molecule has 4 aromatic rings. The molecule has 0 radical (unpaired) electrons. The fourth-order valence-electron chi connectivity index (χ4n) is 2.88. The van der Waals surface area contributed by atoms with Crippen molar-refractivity contribution in [2.45, 2.75) is 22.8 Å². The summed E-state index contributed by atoms with van der Waals surface area (Å²) in [4.78, 5) is 0.445. The van der Waals surface area contributed by atoms with Crippen molar-refractivity contribution in [2.24, 2.45) is 0 Å². The van der Waals surface area contributed by atoms with Gasteiger partial charge in [-0.25, -0.2) is 8.42 Å². The van der Waals surface area contributed by atoms with Crippen LogP contribution in [0.25, 0.3) is 5.65 Å². The molecular weight excluding hydrogens is 360 g/mol. The predicted molar refractivity (Wildman–Crippen MR) is 103 cm³/mol. The van der Waals surface area contributed by atoms with Gasteiger partial charge >= 0.3 is 0 Å². The largest absolute Gasteiger partial charge is 0.347 e. The van der Waals surface area contributed by atoms with Crippen LogP contribution in [0.5, 0.6) is 0 Å². The third-order valence-corrected chi connectivity index (χ3v) is 6.14. The smallest absolute Gasteiger partial charge is 0.229 e. The van der Waals surface area contributed by atoms with Crippen molar-refractivity contribution in [2.75, 3.05) is 5.32 Å². The summed E-state index contributed by atoms with van der Waals surface area (Å²) in [6.07, 6.45) is 1.55. The van der Waals surface area contributed by atoms with Gasteiger partial charge in [-0.05, 0) is 36.8 Å². The SMILES string of the molecule is C[C@@H](Nc1nnc2ccc(S(=O)(=O)c3ccccc3)cn12)c1ccccc1. The van der Waals surface area contributed by atoms with E-state index in [1.54, 1.807) is 53.1 Å². The molecule has 7 heteroatoms. The van der Waals surface area contributed by atoms with Crippen molar-refractivity contribution in [3.05, 3.63) is 84.6 Å².